The van der Waals surface area contributed by atoms with E-state index in [4.69, 9.17) is 0 Å². The number of benzene rings is 3. The lowest BCUT2D eigenvalue weighted by Gasteiger charge is -2.17. The largest absolute Gasteiger partial charge is 0.508 e. The van der Waals surface area contributed by atoms with Gasteiger partial charge in [0, 0.05) is 19.2 Å². The first-order valence-corrected chi connectivity index (χ1v) is 11.4. The summed E-state index contributed by atoms with van der Waals surface area (Å²) in [6, 6.07) is 19.9. The predicted octanol–water partition coefficient (Wildman–Crippen LogP) is 3.68. The van der Waals surface area contributed by atoms with Gasteiger partial charge >= 0.3 is 0 Å². The highest BCUT2D eigenvalue weighted by Crippen LogP contribution is 2.18. The second-order valence-corrected chi connectivity index (χ2v) is 9.50. The topological polar surface area (TPSA) is 99.1 Å². The van der Waals surface area contributed by atoms with Gasteiger partial charge in [-0.1, -0.05) is 29.8 Å². The van der Waals surface area contributed by atoms with E-state index in [0.717, 1.165) is 16.7 Å². The minimum atomic E-state index is -3.61. The van der Waals surface area contributed by atoms with E-state index in [9.17, 15) is 18.3 Å². The van der Waals surface area contributed by atoms with Gasteiger partial charge in [0.15, 0.2) is 0 Å². The van der Waals surface area contributed by atoms with Crippen LogP contribution in [0.25, 0.3) is 0 Å². The Bertz CT molecular complexity index is 1220. The molecule has 0 unspecified atom stereocenters. The molecule has 0 atom stereocenters. The molecule has 0 heterocycles. The summed E-state index contributed by atoms with van der Waals surface area (Å²) in [6.45, 7) is 3.83. The predicted molar refractivity (Wildman–Crippen MR) is 124 cm³/mol. The van der Waals surface area contributed by atoms with Gasteiger partial charge in [-0.2, -0.15) is 9.41 Å². The van der Waals surface area contributed by atoms with Crippen LogP contribution in [0.2, 0.25) is 0 Å². The number of sulfonamides is 1. The van der Waals surface area contributed by atoms with Crippen molar-refractivity contribution in [2.45, 2.75) is 25.3 Å². The van der Waals surface area contributed by atoms with Gasteiger partial charge in [0.2, 0.25) is 10.0 Å². The molecule has 0 spiro atoms. The first-order chi connectivity index (χ1) is 15.2. The lowest BCUT2D eigenvalue weighted by molar-refractivity contribution is 0.0955. The Morgan fingerprint density at radius 1 is 0.938 bits per heavy atom. The summed E-state index contributed by atoms with van der Waals surface area (Å²) in [7, 11) is -2.08. The lowest BCUT2D eigenvalue weighted by atomic mass is 10.1. The Morgan fingerprint density at radius 3 is 2.09 bits per heavy atom. The third kappa shape index (κ3) is 5.60. The summed E-state index contributed by atoms with van der Waals surface area (Å²) in [5.74, 6) is -0.224. The Morgan fingerprint density at radius 2 is 1.50 bits per heavy atom. The molecule has 0 saturated heterocycles. The second kappa shape index (κ2) is 9.76. The Hall–Kier alpha value is -3.49. The first-order valence-electron chi connectivity index (χ1n) is 9.93. The first kappa shape index (κ1) is 23.2. The van der Waals surface area contributed by atoms with Crippen LogP contribution in [0.15, 0.2) is 82.8 Å². The fourth-order valence-electron chi connectivity index (χ4n) is 2.96. The highest BCUT2D eigenvalue weighted by atomic mass is 32.2. The van der Waals surface area contributed by atoms with Gasteiger partial charge in [0.1, 0.15) is 5.75 Å². The molecule has 32 heavy (non-hydrogen) atoms. The molecule has 0 saturated carbocycles. The standard InChI is InChI=1S/C24H25N3O4S/c1-17-4-14-23(15-5-17)32(30,31)27(3)16-19-6-8-21(9-7-19)24(29)26-25-18(2)20-10-12-22(28)13-11-20/h4-15,28H,16H2,1-3H3,(H,26,29)/b25-18+. The van der Waals surface area contributed by atoms with E-state index in [0.29, 0.717) is 11.3 Å². The molecular formula is C24H25N3O4S. The summed E-state index contributed by atoms with van der Waals surface area (Å²) in [4.78, 5) is 12.6. The summed E-state index contributed by atoms with van der Waals surface area (Å²) in [5, 5.41) is 13.4. The molecule has 0 aliphatic rings. The van der Waals surface area contributed by atoms with Crippen molar-refractivity contribution >= 4 is 21.6 Å². The van der Waals surface area contributed by atoms with Gasteiger partial charge in [0.05, 0.1) is 10.6 Å². The molecule has 0 radical (unpaired) electrons. The third-order valence-electron chi connectivity index (χ3n) is 4.96. The number of carbonyl (C=O) groups is 1. The van der Waals surface area contributed by atoms with Crippen molar-refractivity contribution in [2.75, 3.05) is 7.05 Å². The summed E-state index contributed by atoms with van der Waals surface area (Å²) < 4.78 is 26.8. The highest BCUT2D eigenvalue weighted by Gasteiger charge is 2.20. The van der Waals surface area contributed by atoms with Crippen molar-refractivity contribution in [3.05, 3.63) is 95.1 Å². The molecule has 3 aromatic carbocycles. The number of rotatable bonds is 7. The van der Waals surface area contributed by atoms with Crippen LogP contribution in [-0.2, 0) is 16.6 Å². The van der Waals surface area contributed by atoms with E-state index in [1.807, 2.05) is 6.92 Å². The normalized spacial score (nSPS) is 12.1. The van der Waals surface area contributed by atoms with Crippen molar-refractivity contribution in [3.8, 4) is 5.75 Å². The molecule has 166 valence electrons. The molecule has 0 aromatic heterocycles. The number of carbonyl (C=O) groups excluding carboxylic acids is 1. The zero-order chi connectivity index (χ0) is 23.3. The number of hydrogen-bond acceptors (Lipinski definition) is 5. The SMILES string of the molecule is C/C(=N\NC(=O)c1ccc(CN(C)S(=O)(=O)c2ccc(C)cc2)cc1)c1ccc(O)cc1. The summed E-state index contributed by atoms with van der Waals surface area (Å²) in [5.41, 5.74) is 6.02. The van der Waals surface area contributed by atoms with Crippen molar-refractivity contribution in [2.24, 2.45) is 5.10 Å². The van der Waals surface area contributed by atoms with Crippen LogP contribution in [0.4, 0.5) is 0 Å². The minimum Gasteiger partial charge on any atom is -0.508 e. The van der Waals surface area contributed by atoms with E-state index < -0.39 is 10.0 Å². The van der Waals surface area contributed by atoms with Gasteiger partial charge in [-0.05, 0) is 73.5 Å². The zero-order valence-corrected chi connectivity index (χ0v) is 18.9. The van der Waals surface area contributed by atoms with Gasteiger partial charge in [0.25, 0.3) is 5.91 Å². The molecular weight excluding hydrogens is 426 g/mol. The van der Waals surface area contributed by atoms with E-state index in [1.54, 1.807) is 79.7 Å². The molecule has 3 rings (SSSR count). The Balaban J connectivity index is 1.64. The summed E-state index contributed by atoms with van der Waals surface area (Å²) >= 11 is 0. The Kier molecular flexibility index (Phi) is 7.07. The van der Waals surface area contributed by atoms with Crippen molar-refractivity contribution in [3.63, 3.8) is 0 Å². The van der Waals surface area contributed by atoms with Gasteiger partial charge < -0.3 is 5.11 Å². The average Bonchev–Trinajstić information content (AvgIpc) is 2.78. The lowest BCUT2D eigenvalue weighted by Crippen LogP contribution is -2.26. The quantitative estimate of drug-likeness (QED) is 0.423. The average molecular weight is 452 g/mol. The molecule has 3 aromatic rings. The number of aromatic hydroxyl groups is 1. The van der Waals surface area contributed by atoms with Crippen LogP contribution >= 0.6 is 0 Å². The molecule has 7 nitrogen and oxygen atoms in total. The van der Waals surface area contributed by atoms with Crippen LogP contribution in [0, 0.1) is 6.92 Å². The molecule has 0 fully saturated rings. The van der Waals surface area contributed by atoms with Gasteiger partial charge in [-0.15, -0.1) is 0 Å². The number of nitrogens with one attached hydrogen (secondary N) is 1. The maximum atomic E-state index is 12.7. The molecule has 1 amide bonds. The number of hydrazone groups is 1. The number of aryl methyl sites for hydroxylation is 1. The van der Waals surface area contributed by atoms with E-state index >= 15 is 0 Å². The van der Waals surface area contributed by atoms with Gasteiger partial charge in [-0.25, -0.2) is 13.8 Å². The fourth-order valence-corrected chi connectivity index (χ4v) is 4.12. The number of phenolic OH excluding ortho intramolecular Hbond substituents is 1. The smallest absolute Gasteiger partial charge is 0.271 e. The highest BCUT2D eigenvalue weighted by molar-refractivity contribution is 7.89. The van der Waals surface area contributed by atoms with E-state index in [-0.39, 0.29) is 23.1 Å². The molecule has 8 heteroatoms. The molecule has 2 N–H and O–H groups in total. The fraction of sp³-hybridized carbons (Fsp3) is 0.167. The van der Waals surface area contributed by atoms with Crippen molar-refractivity contribution < 1.29 is 18.3 Å². The van der Waals surface area contributed by atoms with Crippen LogP contribution < -0.4 is 5.43 Å². The number of nitrogens with zero attached hydrogens (tertiary/aromatic N) is 2. The van der Waals surface area contributed by atoms with Gasteiger partial charge in [-0.3, -0.25) is 4.79 Å². The number of hydrogen-bond donors (Lipinski definition) is 2. The van der Waals surface area contributed by atoms with Crippen LogP contribution in [0.1, 0.15) is 34.0 Å². The molecule has 0 aliphatic carbocycles. The van der Waals surface area contributed by atoms with E-state index in [2.05, 4.69) is 10.5 Å². The van der Waals surface area contributed by atoms with Crippen LogP contribution in [0.3, 0.4) is 0 Å². The maximum absolute atomic E-state index is 12.7. The van der Waals surface area contributed by atoms with Crippen molar-refractivity contribution in [1.29, 1.82) is 0 Å². The maximum Gasteiger partial charge on any atom is 0.271 e. The third-order valence-corrected chi connectivity index (χ3v) is 6.78. The van der Waals surface area contributed by atoms with Crippen LogP contribution in [0.5, 0.6) is 5.75 Å². The van der Waals surface area contributed by atoms with E-state index in [1.165, 1.54) is 11.4 Å². The molecule has 0 aliphatic heterocycles. The monoisotopic (exact) mass is 451 g/mol. The summed E-state index contributed by atoms with van der Waals surface area (Å²) in [6.07, 6.45) is 0. The second-order valence-electron chi connectivity index (χ2n) is 7.46. The minimum absolute atomic E-state index is 0.156. The number of amides is 1. The zero-order valence-electron chi connectivity index (χ0n) is 18.1. The number of phenols is 1. The van der Waals surface area contributed by atoms with Crippen LogP contribution in [-0.4, -0.2) is 36.5 Å². The molecule has 0 bridgehead atoms. The van der Waals surface area contributed by atoms with Crippen molar-refractivity contribution in [1.82, 2.24) is 9.73 Å². The Labute approximate surface area is 188 Å².